The lowest BCUT2D eigenvalue weighted by atomic mass is 9.99. The number of ether oxygens (including phenoxy) is 1. The lowest BCUT2D eigenvalue weighted by molar-refractivity contribution is 0.397. The summed E-state index contributed by atoms with van der Waals surface area (Å²) < 4.78 is 18.5. The van der Waals surface area contributed by atoms with Crippen molar-refractivity contribution in [2.75, 3.05) is 7.11 Å². The van der Waals surface area contributed by atoms with Crippen molar-refractivity contribution in [3.8, 4) is 17.1 Å². The Morgan fingerprint density at radius 2 is 2.00 bits per heavy atom. The quantitative estimate of drug-likeness (QED) is 0.904. The summed E-state index contributed by atoms with van der Waals surface area (Å²) in [6.45, 7) is 1.83. The summed E-state index contributed by atoms with van der Waals surface area (Å²) in [5.41, 5.74) is 7.78. The van der Waals surface area contributed by atoms with Gasteiger partial charge in [0.05, 0.1) is 7.11 Å². The van der Waals surface area contributed by atoms with Crippen LogP contribution in [-0.4, -0.2) is 17.1 Å². The molecule has 0 radical (unpaired) electrons. The molecule has 0 bridgehead atoms. The van der Waals surface area contributed by atoms with Crippen LogP contribution in [-0.2, 0) is 0 Å². The monoisotopic (exact) mass is 247 g/mol. The Bertz CT molecular complexity index is 558. The molecule has 94 valence electrons. The van der Waals surface area contributed by atoms with Crippen LogP contribution in [0.15, 0.2) is 30.6 Å². The van der Waals surface area contributed by atoms with Crippen LogP contribution in [0.25, 0.3) is 11.3 Å². The lowest BCUT2D eigenvalue weighted by Crippen LogP contribution is -2.08. The summed E-state index contributed by atoms with van der Waals surface area (Å²) in [5.74, 6) is 0.00658. The highest BCUT2D eigenvalue weighted by molar-refractivity contribution is 5.68. The second-order valence-electron chi connectivity index (χ2n) is 3.93. The maximum absolute atomic E-state index is 13.4. The van der Waals surface area contributed by atoms with E-state index < -0.39 is 0 Å². The molecule has 1 unspecified atom stereocenters. The van der Waals surface area contributed by atoms with Gasteiger partial charge in [0.2, 0.25) is 5.88 Å². The van der Waals surface area contributed by atoms with Crippen molar-refractivity contribution in [3.05, 3.63) is 42.0 Å². The molecule has 0 amide bonds. The highest BCUT2D eigenvalue weighted by atomic mass is 19.1. The van der Waals surface area contributed by atoms with Gasteiger partial charge in [-0.05, 0) is 24.6 Å². The normalized spacial score (nSPS) is 12.2. The van der Waals surface area contributed by atoms with Gasteiger partial charge in [0.1, 0.15) is 11.5 Å². The summed E-state index contributed by atoms with van der Waals surface area (Å²) in [7, 11) is 1.50. The fourth-order valence-electron chi connectivity index (χ4n) is 1.79. The van der Waals surface area contributed by atoms with Gasteiger partial charge in [0, 0.05) is 24.0 Å². The number of aromatic nitrogens is 2. The molecule has 0 saturated carbocycles. The molecule has 2 rings (SSSR count). The fraction of sp³-hybridized carbons (Fsp3) is 0.231. The molecular formula is C13H14FN3O. The van der Waals surface area contributed by atoms with Gasteiger partial charge in [-0.25, -0.2) is 14.4 Å². The molecule has 1 atom stereocenters. The third kappa shape index (κ3) is 2.31. The molecule has 0 aliphatic carbocycles. The van der Waals surface area contributed by atoms with E-state index in [0.717, 1.165) is 5.56 Å². The topological polar surface area (TPSA) is 61.0 Å². The Balaban J connectivity index is 2.65. The Kier molecular flexibility index (Phi) is 3.53. The van der Waals surface area contributed by atoms with Crippen molar-refractivity contribution in [2.24, 2.45) is 5.73 Å². The molecule has 2 N–H and O–H groups in total. The van der Waals surface area contributed by atoms with Crippen molar-refractivity contribution >= 4 is 0 Å². The first-order valence-electron chi connectivity index (χ1n) is 5.54. The molecule has 0 fully saturated rings. The SMILES string of the molecule is COc1nccnc1-c1cc(F)ccc1C(C)N. The van der Waals surface area contributed by atoms with Gasteiger partial charge in [0.25, 0.3) is 0 Å². The summed E-state index contributed by atoms with van der Waals surface area (Å²) in [6, 6.07) is 4.20. The predicted molar refractivity (Wildman–Crippen MR) is 66.6 cm³/mol. The molecule has 1 aromatic carbocycles. The maximum Gasteiger partial charge on any atom is 0.240 e. The zero-order valence-corrected chi connectivity index (χ0v) is 10.2. The van der Waals surface area contributed by atoms with Crippen molar-refractivity contribution in [2.45, 2.75) is 13.0 Å². The van der Waals surface area contributed by atoms with E-state index in [9.17, 15) is 4.39 Å². The number of halogens is 1. The van der Waals surface area contributed by atoms with Crippen molar-refractivity contribution < 1.29 is 9.13 Å². The Hall–Kier alpha value is -2.01. The van der Waals surface area contributed by atoms with E-state index in [1.807, 2.05) is 6.92 Å². The van der Waals surface area contributed by atoms with Crippen LogP contribution in [0.5, 0.6) is 5.88 Å². The van der Waals surface area contributed by atoms with Crippen molar-refractivity contribution in [1.29, 1.82) is 0 Å². The molecule has 18 heavy (non-hydrogen) atoms. The maximum atomic E-state index is 13.4. The first kappa shape index (κ1) is 12.4. The van der Waals surface area contributed by atoms with E-state index in [1.165, 1.54) is 31.6 Å². The Labute approximate surface area is 105 Å². The Morgan fingerprint density at radius 1 is 1.28 bits per heavy atom. The predicted octanol–water partition coefficient (Wildman–Crippen LogP) is 2.31. The minimum Gasteiger partial charge on any atom is -0.479 e. The summed E-state index contributed by atoms with van der Waals surface area (Å²) in [5, 5.41) is 0. The van der Waals surface area contributed by atoms with Crippen LogP contribution < -0.4 is 10.5 Å². The van der Waals surface area contributed by atoms with Crippen LogP contribution in [0.4, 0.5) is 4.39 Å². The van der Waals surface area contributed by atoms with Gasteiger partial charge in [-0.2, -0.15) is 0 Å². The first-order chi connectivity index (χ1) is 8.63. The van der Waals surface area contributed by atoms with E-state index in [0.29, 0.717) is 17.1 Å². The average Bonchev–Trinajstić information content (AvgIpc) is 2.38. The van der Waals surface area contributed by atoms with Crippen LogP contribution in [0, 0.1) is 5.82 Å². The summed E-state index contributed by atoms with van der Waals surface area (Å²) in [6.07, 6.45) is 3.06. The van der Waals surface area contributed by atoms with Gasteiger partial charge in [-0.1, -0.05) is 6.07 Å². The third-order valence-electron chi connectivity index (χ3n) is 2.62. The molecule has 0 spiro atoms. The van der Waals surface area contributed by atoms with E-state index in [-0.39, 0.29) is 11.9 Å². The van der Waals surface area contributed by atoms with Crippen LogP contribution >= 0.6 is 0 Å². The molecule has 0 aliphatic rings. The molecule has 4 nitrogen and oxygen atoms in total. The Morgan fingerprint density at radius 3 is 2.67 bits per heavy atom. The van der Waals surface area contributed by atoms with E-state index in [1.54, 1.807) is 6.07 Å². The number of hydrogen-bond acceptors (Lipinski definition) is 4. The smallest absolute Gasteiger partial charge is 0.240 e. The zero-order chi connectivity index (χ0) is 13.1. The van der Waals surface area contributed by atoms with E-state index in [4.69, 9.17) is 10.5 Å². The number of nitrogens with zero attached hydrogens (tertiary/aromatic N) is 2. The van der Waals surface area contributed by atoms with Gasteiger partial charge in [0.15, 0.2) is 0 Å². The molecule has 1 heterocycles. The van der Waals surface area contributed by atoms with Crippen molar-refractivity contribution in [1.82, 2.24) is 9.97 Å². The second kappa shape index (κ2) is 5.10. The summed E-state index contributed by atoms with van der Waals surface area (Å²) in [4.78, 5) is 8.25. The molecule has 0 aliphatic heterocycles. The lowest BCUT2D eigenvalue weighted by Gasteiger charge is -2.13. The number of methoxy groups -OCH3 is 1. The zero-order valence-electron chi connectivity index (χ0n) is 10.2. The summed E-state index contributed by atoms with van der Waals surface area (Å²) >= 11 is 0. The van der Waals surface area contributed by atoms with Crippen LogP contribution in [0.1, 0.15) is 18.5 Å². The van der Waals surface area contributed by atoms with Gasteiger partial charge < -0.3 is 10.5 Å². The fourth-order valence-corrected chi connectivity index (χ4v) is 1.79. The number of nitrogens with two attached hydrogens (primary N) is 1. The standard InChI is InChI=1S/C13H14FN3O/c1-8(15)10-4-3-9(14)7-11(10)12-13(18-2)17-6-5-16-12/h3-8H,15H2,1-2H3. The second-order valence-corrected chi connectivity index (χ2v) is 3.93. The van der Waals surface area contributed by atoms with E-state index in [2.05, 4.69) is 9.97 Å². The van der Waals surface area contributed by atoms with Gasteiger partial charge >= 0.3 is 0 Å². The minimum atomic E-state index is -0.345. The largest absolute Gasteiger partial charge is 0.479 e. The average molecular weight is 247 g/mol. The van der Waals surface area contributed by atoms with Crippen LogP contribution in [0.2, 0.25) is 0 Å². The van der Waals surface area contributed by atoms with Gasteiger partial charge in [-0.15, -0.1) is 0 Å². The molecule has 5 heteroatoms. The number of benzene rings is 1. The number of rotatable bonds is 3. The highest BCUT2D eigenvalue weighted by Crippen LogP contribution is 2.31. The van der Waals surface area contributed by atoms with Crippen LogP contribution in [0.3, 0.4) is 0 Å². The molecular weight excluding hydrogens is 233 g/mol. The first-order valence-corrected chi connectivity index (χ1v) is 5.54. The minimum absolute atomic E-state index is 0.229. The van der Waals surface area contributed by atoms with E-state index >= 15 is 0 Å². The highest BCUT2D eigenvalue weighted by Gasteiger charge is 2.15. The van der Waals surface area contributed by atoms with Gasteiger partial charge in [-0.3, -0.25) is 0 Å². The molecule has 0 saturated heterocycles. The molecule has 2 aromatic rings. The third-order valence-corrected chi connectivity index (χ3v) is 2.62. The number of hydrogen-bond donors (Lipinski definition) is 1. The van der Waals surface area contributed by atoms with Crippen molar-refractivity contribution in [3.63, 3.8) is 0 Å². The molecule has 1 aromatic heterocycles.